The molecule has 2 heterocycles. The number of nitrogens with zero attached hydrogens (tertiary/aromatic N) is 1. The van der Waals surface area contributed by atoms with Crippen molar-refractivity contribution in [1.82, 2.24) is 0 Å². The van der Waals surface area contributed by atoms with E-state index < -0.39 is 23.2 Å². The van der Waals surface area contributed by atoms with Crippen molar-refractivity contribution in [2.45, 2.75) is 46.1 Å². The molecule has 0 saturated heterocycles. The molecule has 0 radical (unpaired) electrons. The summed E-state index contributed by atoms with van der Waals surface area (Å²) in [4.78, 5) is 29.2. The van der Waals surface area contributed by atoms with Gasteiger partial charge in [0.15, 0.2) is 16.9 Å². The van der Waals surface area contributed by atoms with Crippen LogP contribution in [0.25, 0.3) is 11.0 Å². The summed E-state index contributed by atoms with van der Waals surface area (Å²) in [6, 6.07) is 14.0. The average molecular weight is 516 g/mol. The van der Waals surface area contributed by atoms with Gasteiger partial charge in [-0.25, -0.2) is 4.39 Å². The van der Waals surface area contributed by atoms with Crippen molar-refractivity contribution in [3.05, 3.63) is 98.7 Å². The van der Waals surface area contributed by atoms with Gasteiger partial charge in [0.05, 0.1) is 30.7 Å². The number of methoxy groups -OCH3 is 1. The van der Waals surface area contributed by atoms with Gasteiger partial charge in [0.25, 0.3) is 5.91 Å². The van der Waals surface area contributed by atoms with Crippen LogP contribution in [-0.2, 0) is 0 Å². The lowest BCUT2D eigenvalue weighted by molar-refractivity contribution is 0.0971. The molecule has 1 aromatic heterocycles. The van der Waals surface area contributed by atoms with Gasteiger partial charge in [0.1, 0.15) is 11.4 Å². The summed E-state index contributed by atoms with van der Waals surface area (Å²) in [6.45, 7) is 6.65. The van der Waals surface area contributed by atoms with Gasteiger partial charge in [-0.1, -0.05) is 31.9 Å². The first-order valence-electron chi connectivity index (χ1n) is 12.8. The molecule has 1 unspecified atom stereocenters. The zero-order valence-corrected chi connectivity index (χ0v) is 22.0. The highest BCUT2D eigenvalue weighted by Crippen LogP contribution is 2.43. The molecule has 4 aromatic rings. The van der Waals surface area contributed by atoms with Gasteiger partial charge >= 0.3 is 0 Å². The minimum Gasteiger partial charge on any atom is -0.493 e. The van der Waals surface area contributed by atoms with Gasteiger partial charge in [0, 0.05) is 5.69 Å². The van der Waals surface area contributed by atoms with Crippen LogP contribution >= 0.6 is 0 Å². The molecular formula is C31H30FNO5. The summed E-state index contributed by atoms with van der Waals surface area (Å²) in [7, 11) is 1.55. The molecule has 7 heteroatoms. The number of hydrogen-bond donors (Lipinski definition) is 0. The Kier molecular flexibility index (Phi) is 6.93. The number of hydrogen-bond acceptors (Lipinski definition) is 5. The van der Waals surface area contributed by atoms with Crippen molar-refractivity contribution < 1.29 is 23.1 Å². The Morgan fingerprint density at radius 3 is 2.50 bits per heavy atom. The molecule has 0 bridgehead atoms. The first-order chi connectivity index (χ1) is 18.3. The highest BCUT2D eigenvalue weighted by atomic mass is 19.1. The highest BCUT2D eigenvalue weighted by molar-refractivity contribution is 6.10. The molecule has 6 nitrogen and oxygen atoms in total. The van der Waals surface area contributed by atoms with Crippen LogP contribution in [0.3, 0.4) is 0 Å². The molecule has 0 N–H and O–H groups in total. The first kappa shape index (κ1) is 25.5. The van der Waals surface area contributed by atoms with Crippen LogP contribution in [-0.4, -0.2) is 19.6 Å². The summed E-state index contributed by atoms with van der Waals surface area (Å²) >= 11 is 0. The van der Waals surface area contributed by atoms with Gasteiger partial charge in [-0.2, -0.15) is 0 Å². The molecule has 1 aliphatic heterocycles. The molecule has 0 spiro atoms. The Labute approximate surface area is 220 Å². The second-order valence-electron chi connectivity index (χ2n) is 9.63. The van der Waals surface area contributed by atoms with Gasteiger partial charge in [-0.3, -0.25) is 14.5 Å². The fourth-order valence-corrected chi connectivity index (χ4v) is 4.91. The number of halogens is 1. The van der Waals surface area contributed by atoms with E-state index in [1.807, 2.05) is 38.1 Å². The fraction of sp³-hybridized carbons (Fsp3) is 0.290. The minimum absolute atomic E-state index is 0.0452. The summed E-state index contributed by atoms with van der Waals surface area (Å²) < 4.78 is 31.6. The van der Waals surface area contributed by atoms with E-state index >= 15 is 0 Å². The second kappa shape index (κ2) is 10.3. The lowest BCUT2D eigenvalue weighted by atomic mass is 9.97. The molecule has 0 saturated carbocycles. The van der Waals surface area contributed by atoms with E-state index in [1.165, 1.54) is 12.1 Å². The number of rotatable bonds is 8. The topological polar surface area (TPSA) is 69.0 Å². The van der Waals surface area contributed by atoms with Crippen molar-refractivity contribution >= 4 is 22.6 Å². The molecular weight excluding hydrogens is 485 g/mol. The third-order valence-corrected chi connectivity index (χ3v) is 7.11. The molecule has 1 atom stereocenters. The van der Waals surface area contributed by atoms with Gasteiger partial charge in [-0.05, 0) is 79.4 Å². The van der Waals surface area contributed by atoms with Crippen molar-refractivity contribution in [3.63, 3.8) is 0 Å². The molecule has 5 rings (SSSR count). The maximum Gasteiger partial charge on any atom is 0.295 e. The van der Waals surface area contributed by atoms with Crippen LogP contribution in [0.4, 0.5) is 10.1 Å². The minimum atomic E-state index is -0.799. The van der Waals surface area contributed by atoms with E-state index in [0.717, 1.165) is 36.5 Å². The zero-order valence-electron chi connectivity index (χ0n) is 22.0. The maximum absolute atomic E-state index is 14.1. The third kappa shape index (κ3) is 4.42. The van der Waals surface area contributed by atoms with Gasteiger partial charge in [-0.15, -0.1) is 0 Å². The molecule has 0 aliphatic carbocycles. The largest absolute Gasteiger partial charge is 0.493 e. The van der Waals surface area contributed by atoms with Gasteiger partial charge in [0.2, 0.25) is 5.76 Å². The second-order valence-corrected chi connectivity index (χ2v) is 9.63. The number of anilines is 1. The van der Waals surface area contributed by atoms with Crippen molar-refractivity contribution in [1.29, 1.82) is 0 Å². The molecule has 1 amide bonds. The number of carbonyl (C=O) groups is 1. The Bertz CT molecular complexity index is 1590. The zero-order chi connectivity index (χ0) is 27.0. The Hall–Kier alpha value is -4.13. The lowest BCUT2D eigenvalue weighted by Gasteiger charge is -2.26. The normalized spacial score (nSPS) is 14.7. The number of carbonyl (C=O) groups excluding carboxylic acids is 1. The molecule has 196 valence electrons. The number of ether oxygens (including phenoxy) is 2. The van der Waals surface area contributed by atoms with Crippen LogP contribution in [0.15, 0.2) is 63.8 Å². The number of amides is 1. The SMILES string of the molecule is CCCCCOc1ccc(C2c3c(oc4ccc(F)cc4c3=O)C(=O)N2c2ccc(C)c(C)c2)cc1OC. The van der Waals surface area contributed by atoms with Crippen LogP contribution in [0, 0.1) is 19.7 Å². The van der Waals surface area contributed by atoms with E-state index in [2.05, 4.69) is 6.92 Å². The summed E-state index contributed by atoms with van der Waals surface area (Å²) in [6.07, 6.45) is 3.08. The maximum atomic E-state index is 14.1. The number of aryl methyl sites for hydroxylation is 2. The highest BCUT2D eigenvalue weighted by Gasteiger charge is 2.44. The van der Waals surface area contributed by atoms with Crippen molar-refractivity contribution in [3.8, 4) is 11.5 Å². The number of fused-ring (bicyclic) bond motifs is 2. The molecule has 3 aromatic carbocycles. The summed E-state index contributed by atoms with van der Waals surface area (Å²) in [5.41, 5.74) is 3.26. The van der Waals surface area contributed by atoms with Crippen LogP contribution in [0.1, 0.15) is 65.0 Å². The van der Waals surface area contributed by atoms with Crippen LogP contribution in [0.5, 0.6) is 11.5 Å². The van der Waals surface area contributed by atoms with E-state index in [1.54, 1.807) is 24.1 Å². The molecule has 38 heavy (non-hydrogen) atoms. The summed E-state index contributed by atoms with van der Waals surface area (Å²) in [5.74, 6) is 0.0490. The predicted molar refractivity (Wildman–Crippen MR) is 145 cm³/mol. The van der Waals surface area contributed by atoms with E-state index in [0.29, 0.717) is 29.4 Å². The smallest absolute Gasteiger partial charge is 0.295 e. The summed E-state index contributed by atoms with van der Waals surface area (Å²) in [5, 5.41) is 0.0892. The number of unbranched alkanes of at least 4 members (excludes halogenated alkanes) is 2. The van der Waals surface area contributed by atoms with E-state index in [9.17, 15) is 14.0 Å². The average Bonchev–Trinajstić information content (AvgIpc) is 3.21. The monoisotopic (exact) mass is 515 g/mol. The first-order valence-corrected chi connectivity index (χ1v) is 12.8. The molecule has 1 aliphatic rings. The van der Waals surface area contributed by atoms with Crippen LogP contribution in [0.2, 0.25) is 0 Å². The van der Waals surface area contributed by atoms with Crippen LogP contribution < -0.4 is 19.8 Å². The van der Waals surface area contributed by atoms with Crippen molar-refractivity contribution in [2.75, 3.05) is 18.6 Å². The standard InChI is InChI=1S/C31H30FNO5/c1-5-6-7-14-37-25-12-9-20(16-26(25)36-4)28-27-29(34)23-17-21(32)10-13-24(23)38-30(27)31(35)33(28)22-11-8-18(2)19(3)15-22/h8-13,15-17,28H,5-7,14H2,1-4H3. The lowest BCUT2D eigenvalue weighted by Crippen LogP contribution is -2.29. The number of benzene rings is 3. The Balaban J connectivity index is 1.69. The van der Waals surface area contributed by atoms with Crippen molar-refractivity contribution in [2.24, 2.45) is 0 Å². The third-order valence-electron chi connectivity index (χ3n) is 7.11. The predicted octanol–water partition coefficient (Wildman–Crippen LogP) is 6.88. The van der Waals surface area contributed by atoms with Gasteiger partial charge < -0.3 is 13.9 Å². The Morgan fingerprint density at radius 2 is 1.76 bits per heavy atom. The molecule has 0 fully saturated rings. The van der Waals surface area contributed by atoms with E-state index in [-0.39, 0.29) is 22.3 Å². The Morgan fingerprint density at radius 1 is 0.947 bits per heavy atom. The fourth-order valence-electron chi connectivity index (χ4n) is 4.91. The quantitative estimate of drug-likeness (QED) is 0.239. The van der Waals surface area contributed by atoms with E-state index in [4.69, 9.17) is 13.9 Å².